The molecule has 1 atom stereocenters. The summed E-state index contributed by atoms with van der Waals surface area (Å²) in [6, 6.07) is -0.767. The third-order valence-electron chi connectivity index (χ3n) is 2.44. The van der Waals surface area contributed by atoms with E-state index >= 15 is 0 Å². The van der Waals surface area contributed by atoms with Crippen LogP contribution in [0.4, 0.5) is 4.79 Å². The molecule has 5 nitrogen and oxygen atoms in total. The minimum Gasteiger partial charge on any atom is -0.351 e. The Kier molecular flexibility index (Phi) is 4.39. The minimum atomic E-state index is -0.767. The van der Waals surface area contributed by atoms with Crippen LogP contribution in [0.3, 0.4) is 0 Å². The average molecular weight is 199 g/mol. The molecule has 0 bridgehead atoms. The van der Waals surface area contributed by atoms with Gasteiger partial charge in [-0.3, -0.25) is 10.1 Å². The van der Waals surface area contributed by atoms with E-state index in [-0.39, 0.29) is 5.91 Å². The van der Waals surface area contributed by atoms with Crippen molar-refractivity contribution in [3.63, 3.8) is 0 Å². The number of nitrogens with one attached hydrogen (secondary N) is 2. The molecule has 0 saturated carbocycles. The van der Waals surface area contributed by atoms with Crippen LogP contribution in [0.1, 0.15) is 25.7 Å². The predicted molar refractivity (Wildman–Crippen MR) is 52.6 cm³/mol. The van der Waals surface area contributed by atoms with Crippen LogP contribution in [0, 0.1) is 5.92 Å². The van der Waals surface area contributed by atoms with Crippen molar-refractivity contribution in [3.05, 3.63) is 0 Å². The molecule has 4 N–H and O–H groups in total. The topological polar surface area (TPSA) is 84.2 Å². The Morgan fingerprint density at radius 1 is 1.50 bits per heavy atom. The third-order valence-corrected chi connectivity index (χ3v) is 2.44. The maximum absolute atomic E-state index is 11.1. The van der Waals surface area contributed by atoms with Crippen molar-refractivity contribution >= 4 is 11.9 Å². The smallest absolute Gasteiger partial charge is 0.318 e. The summed E-state index contributed by atoms with van der Waals surface area (Å²) >= 11 is 0. The van der Waals surface area contributed by atoms with E-state index < -0.39 is 6.03 Å². The van der Waals surface area contributed by atoms with Crippen LogP contribution in [0.25, 0.3) is 0 Å². The molecule has 1 aliphatic heterocycles. The molecule has 1 rings (SSSR count). The van der Waals surface area contributed by atoms with Crippen LogP contribution >= 0.6 is 0 Å². The fourth-order valence-corrected chi connectivity index (χ4v) is 1.71. The Bertz CT molecular complexity index is 212. The van der Waals surface area contributed by atoms with Gasteiger partial charge in [0.05, 0.1) is 0 Å². The summed E-state index contributed by atoms with van der Waals surface area (Å²) in [5.74, 6) is 0.283. The molecule has 0 aromatic carbocycles. The molecule has 1 saturated heterocycles. The lowest BCUT2D eigenvalue weighted by molar-refractivity contribution is -0.120. The molecule has 0 aliphatic carbocycles. The quantitative estimate of drug-likeness (QED) is 0.596. The van der Waals surface area contributed by atoms with Gasteiger partial charge in [-0.25, -0.2) is 4.79 Å². The van der Waals surface area contributed by atoms with Gasteiger partial charge in [-0.1, -0.05) is 0 Å². The summed E-state index contributed by atoms with van der Waals surface area (Å²) < 4.78 is 0. The molecule has 1 unspecified atom stereocenters. The van der Waals surface area contributed by atoms with Gasteiger partial charge in [-0.05, 0) is 38.3 Å². The number of amides is 3. The van der Waals surface area contributed by atoms with Gasteiger partial charge in [0.25, 0.3) is 0 Å². The number of hydrogen-bond donors (Lipinski definition) is 3. The number of carbonyl (C=O) groups excluding carboxylic acids is 2. The molecule has 0 spiro atoms. The Morgan fingerprint density at radius 3 is 2.86 bits per heavy atom. The highest BCUT2D eigenvalue weighted by Crippen LogP contribution is 2.15. The second kappa shape index (κ2) is 5.59. The number of carbonyl (C=O) groups is 2. The highest BCUT2D eigenvalue weighted by Gasteiger charge is 2.14. The second-order valence-corrected chi connectivity index (χ2v) is 3.66. The maximum Gasteiger partial charge on any atom is 0.318 e. The molecular formula is C9H17N3O2. The molecule has 5 heteroatoms. The third kappa shape index (κ3) is 4.23. The summed E-state index contributed by atoms with van der Waals surface area (Å²) in [6.07, 6.45) is 3.54. The van der Waals surface area contributed by atoms with Crippen LogP contribution in [0.5, 0.6) is 0 Å². The van der Waals surface area contributed by atoms with Gasteiger partial charge in [-0.2, -0.15) is 0 Å². The largest absolute Gasteiger partial charge is 0.351 e. The normalized spacial score (nSPS) is 21.6. The fraction of sp³-hybridized carbons (Fsp3) is 0.778. The van der Waals surface area contributed by atoms with Gasteiger partial charge in [0.1, 0.15) is 0 Å². The summed E-state index contributed by atoms with van der Waals surface area (Å²) in [4.78, 5) is 21.4. The number of hydrogen-bond acceptors (Lipinski definition) is 3. The first-order chi connectivity index (χ1) is 6.68. The Morgan fingerprint density at radius 2 is 2.29 bits per heavy atom. The standard InChI is InChI=1S/C9H17N3O2/c10-9(14)12-8(13)4-3-7-2-1-5-11-6-7/h7,11H,1-6H2,(H3,10,12,13,14). The molecule has 0 aromatic heterocycles. The fourth-order valence-electron chi connectivity index (χ4n) is 1.71. The van der Waals surface area contributed by atoms with E-state index in [2.05, 4.69) is 10.6 Å². The average Bonchev–Trinajstić information content (AvgIpc) is 2.15. The molecule has 80 valence electrons. The van der Waals surface area contributed by atoms with E-state index in [9.17, 15) is 9.59 Å². The predicted octanol–water partition coefficient (Wildman–Crippen LogP) is -0.0389. The highest BCUT2D eigenvalue weighted by molar-refractivity contribution is 5.93. The van der Waals surface area contributed by atoms with Gasteiger partial charge >= 0.3 is 6.03 Å². The van der Waals surface area contributed by atoms with Crippen LogP contribution in [-0.4, -0.2) is 25.0 Å². The molecule has 1 heterocycles. The first-order valence-corrected chi connectivity index (χ1v) is 4.98. The van der Waals surface area contributed by atoms with E-state index in [4.69, 9.17) is 5.73 Å². The van der Waals surface area contributed by atoms with E-state index in [0.29, 0.717) is 12.3 Å². The number of urea groups is 1. The van der Waals surface area contributed by atoms with Gasteiger partial charge in [0.2, 0.25) is 5.91 Å². The van der Waals surface area contributed by atoms with Crippen molar-refractivity contribution < 1.29 is 9.59 Å². The Hall–Kier alpha value is -1.10. The first-order valence-electron chi connectivity index (χ1n) is 4.98. The number of piperidine rings is 1. The highest BCUT2D eigenvalue weighted by atomic mass is 16.2. The lowest BCUT2D eigenvalue weighted by atomic mass is 9.94. The Labute approximate surface area is 83.4 Å². The van der Waals surface area contributed by atoms with Gasteiger partial charge in [-0.15, -0.1) is 0 Å². The van der Waals surface area contributed by atoms with Crippen LogP contribution in [-0.2, 0) is 4.79 Å². The van der Waals surface area contributed by atoms with Crippen molar-refractivity contribution in [1.82, 2.24) is 10.6 Å². The van der Waals surface area contributed by atoms with E-state index in [1.807, 2.05) is 0 Å². The summed E-state index contributed by atoms with van der Waals surface area (Å²) in [5.41, 5.74) is 4.82. The number of primary amides is 1. The molecule has 0 radical (unpaired) electrons. The van der Waals surface area contributed by atoms with E-state index in [1.165, 1.54) is 6.42 Å². The van der Waals surface area contributed by atoms with Crippen LogP contribution in [0.2, 0.25) is 0 Å². The van der Waals surface area contributed by atoms with Crippen molar-refractivity contribution in [1.29, 1.82) is 0 Å². The number of nitrogens with two attached hydrogens (primary N) is 1. The maximum atomic E-state index is 11.1. The first kappa shape index (κ1) is 11.0. The van der Waals surface area contributed by atoms with Crippen molar-refractivity contribution in [2.75, 3.05) is 13.1 Å². The second-order valence-electron chi connectivity index (χ2n) is 3.66. The summed E-state index contributed by atoms with van der Waals surface area (Å²) in [5, 5.41) is 5.34. The van der Waals surface area contributed by atoms with E-state index in [1.54, 1.807) is 0 Å². The molecule has 3 amide bonds. The monoisotopic (exact) mass is 199 g/mol. The summed E-state index contributed by atoms with van der Waals surface area (Å²) in [7, 11) is 0. The lowest BCUT2D eigenvalue weighted by Gasteiger charge is -2.22. The lowest BCUT2D eigenvalue weighted by Crippen LogP contribution is -2.36. The number of imide groups is 1. The summed E-state index contributed by atoms with van der Waals surface area (Å²) in [6.45, 7) is 2.05. The van der Waals surface area contributed by atoms with Crippen molar-refractivity contribution in [3.8, 4) is 0 Å². The Balaban J connectivity index is 2.12. The van der Waals surface area contributed by atoms with Gasteiger partial charge < -0.3 is 11.1 Å². The molecule has 14 heavy (non-hydrogen) atoms. The van der Waals surface area contributed by atoms with Gasteiger partial charge in [0, 0.05) is 6.42 Å². The van der Waals surface area contributed by atoms with Crippen LogP contribution in [0.15, 0.2) is 0 Å². The SMILES string of the molecule is NC(=O)NC(=O)CCC1CCCNC1. The zero-order valence-corrected chi connectivity index (χ0v) is 8.21. The van der Waals surface area contributed by atoms with E-state index in [0.717, 1.165) is 25.9 Å². The van der Waals surface area contributed by atoms with Crippen LogP contribution < -0.4 is 16.4 Å². The molecule has 1 fully saturated rings. The molecule has 0 aromatic rings. The van der Waals surface area contributed by atoms with Crippen molar-refractivity contribution in [2.24, 2.45) is 11.7 Å². The zero-order chi connectivity index (χ0) is 10.4. The minimum absolute atomic E-state index is 0.275. The number of rotatable bonds is 3. The van der Waals surface area contributed by atoms with Crippen molar-refractivity contribution in [2.45, 2.75) is 25.7 Å². The van der Waals surface area contributed by atoms with Gasteiger partial charge in [0.15, 0.2) is 0 Å². The molecule has 1 aliphatic rings. The molecular weight excluding hydrogens is 182 g/mol. The zero-order valence-electron chi connectivity index (χ0n) is 8.21.